The minimum atomic E-state index is -0.729. The van der Waals surface area contributed by atoms with Crippen LogP contribution in [-0.4, -0.2) is 35.4 Å². The molecule has 0 bridgehead atoms. The second-order valence-corrected chi connectivity index (χ2v) is 9.53. The first-order chi connectivity index (χ1) is 17.3. The number of nitrogens with one attached hydrogen (secondary N) is 1. The standard InChI is InChI=1S/C30H35ClN2O3/c1-5-22(3)32-30(35)27(18-24-13-7-6-8-14-24)33(19-25-15-9-10-16-26(25)31)29(34)20-36-28-17-11-12-21(2)23(28)4/h6-17,22,27H,5,18-20H2,1-4H3,(H,32,35)/t22-,27-/m1/s1. The smallest absolute Gasteiger partial charge is 0.261 e. The average Bonchev–Trinajstić information content (AvgIpc) is 2.88. The topological polar surface area (TPSA) is 58.6 Å². The minimum Gasteiger partial charge on any atom is -0.483 e. The van der Waals surface area contributed by atoms with Crippen LogP contribution in [0.5, 0.6) is 5.75 Å². The molecular weight excluding hydrogens is 472 g/mol. The highest BCUT2D eigenvalue weighted by Gasteiger charge is 2.31. The van der Waals surface area contributed by atoms with Crippen LogP contribution in [0.1, 0.15) is 42.5 Å². The Labute approximate surface area is 219 Å². The molecule has 0 aliphatic carbocycles. The van der Waals surface area contributed by atoms with Gasteiger partial charge in [-0.1, -0.05) is 79.2 Å². The molecule has 190 valence electrons. The lowest BCUT2D eigenvalue weighted by atomic mass is 10.0. The summed E-state index contributed by atoms with van der Waals surface area (Å²) in [7, 11) is 0. The summed E-state index contributed by atoms with van der Waals surface area (Å²) in [5, 5.41) is 3.62. The fourth-order valence-corrected chi connectivity index (χ4v) is 4.10. The molecule has 5 nitrogen and oxygen atoms in total. The SMILES string of the molecule is CC[C@@H](C)NC(=O)[C@@H](Cc1ccccc1)N(Cc1ccccc1Cl)C(=O)COc1cccc(C)c1C. The van der Waals surface area contributed by atoms with Crippen LogP contribution in [0.2, 0.25) is 5.02 Å². The van der Waals surface area contributed by atoms with Crippen molar-refractivity contribution in [2.75, 3.05) is 6.61 Å². The Hall–Kier alpha value is -3.31. The van der Waals surface area contributed by atoms with Crippen LogP contribution in [0.3, 0.4) is 0 Å². The summed E-state index contributed by atoms with van der Waals surface area (Å²) in [4.78, 5) is 28.8. The third-order valence-electron chi connectivity index (χ3n) is 6.48. The van der Waals surface area contributed by atoms with E-state index in [-0.39, 0.29) is 31.0 Å². The van der Waals surface area contributed by atoms with Gasteiger partial charge in [-0.05, 0) is 61.6 Å². The van der Waals surface area contributed by atoms with Crippen LogP contribution in [0.15, 0.2) is 72.8 Å². The van der Waals surface area contributed by atoms with Crippen LogP contribution >= 0.6 is 11.6 Å². The number of ether oxygens (including phenoxy) is 1. The van der Waals surface area contributed by atoms with Crippen molar-refractivity contribution in [3.8, 4) is 5.75 Å². The summed E-state index contributed by atoms with van der Waals surface area (Å²) in [6.07, 6.45) is 1.17. The normalized spacial score (nSPS) is 12.5. The summed E-state index contributed by atoms with van der Waals surface area (Å²) in [6.45, 7) is 7.96. The Morgan fingerprint density at radius 3 is 2.36 bits per heavy atom. The molecule has 0 saturated carbocycles. The van der Waals surface area contributed by atoms with Gasteiger partial charge in [-0.2, -0.15) is 0 Å². The maximum absolute atomic E-state index is 13.7. The summed E-state index contributed by atoms with van der Waals surface area (Å²) in [5.74, 6) is 0.182. The second-order valence-electron chi connectivity index (χ2n) is 9.12. The first kappa shape index (κ1) is 27.3. The van der Waals surface area contributed by atoms with E-state index in [4.69, 9.17) is 16.3 Å². The van der Waals surface area contributed by atoms with Gasteiger partial charge in [-0.3, -0.25) is 9.59 Å². The Morgan fingerprint density at radius 1 is 0.972 bits per heavy atom. The lowest BCUT2D eigenvalue weighted by Gasteiger charge is -2.32. The molecule has 0 saturated heterocycles. The minimum absolute atomic E-state index is 0.0146. The molecule has 6 heteroatoms. The van der Waals surface area contributed by atoms with Crippen molar-refractivity contribution in [2.24, 2.45) is 0 Å². The number of benzene rings is 3. The van der Waals surface area contributed by atoms with Gasteiger partial charge < -0.3 is 15.0 Å². The van der Waals surface area contributed by atoms with Crippen molar-refractivity contribution in [2.45, 2.75) is 59.2 Å². The van der Waals surface area contributed by atoms with Crippen LogP contribution in [0.25, 0.3) is 0 Å². The average molecular weight is 507 g/mol. The van der Waals surface area contributed by atoms with Gasteiger partial charge in [0.25, 0.3) is 5.91 Å². The van der Waals surface area contributed by atoms with Gasteiger partial charge in [0.05, 0.1) is 0 Å². The van der Waals surface area contributed by atoms with Gasteiger partial charge in [-0.25, -0.2) is 0 Å². The zero-order chi connectivity index (χ0) is 26.1. The fraction of sp³-hybridized carbons (Fsp3) is 0.333. The number of carbonyl (C=O) groups is 2. The van der Waals surface area contributed by atoms with E-state index in [1.807, 2.05) is 94.4 Å². The molecule has 3 aromatic rings. The Bertz CT molecular complexity index is 1170. The van der Waals surface area contributed by atoms with Crippen molar-refractivity contribution in [1.82, 2.24) is 10.2 Å². The van der Waals surface area contributed by atoms with E-state index >= 15 is 0 Å². The Kier molecular flexibility index (Phi) is 9.95. The summed E-state index contributed by atoms with van der Waals surface area (Å²) in [5.41, 5.74) is 3.81. The predicted octanol–water partition coefficient (Wildman–Crippen LogP) is 5.89. The molecule has 0 unspecified atom stereocenters. The second kappa shape index (κ2) is 13.1. The number of aryl methyl sites for hydroxylation is 1. The van der Waals surface area contributed by atoms with E-state index in [1.165, 1.54) is 0 Å². The number of amides is 2. The highest BCUT2D eigenvalue weighted by atomic mass is 35.5. The molecule has 36 heavy (non-hydrogen) atoms. The third-order valence-corrected chi connectivity index (χ3v) is 6.85. The first-order valence-corrected chi connectivity index (χ1v) is 12.7. The summed E-state index contributed by atoms with van der Waals surface area (Å²) >= 11 is 6.47. The first-order valence-electron chi connectivity index (χ1n) is 12.4. The van der Waals surface area contributed by atoms with Crippen molar-refractivity contribution in [1.29, 1.82) is 0 Å². The van der Waals surface area contributed by atoms with Crippen molar-refractivity contribution in [3.05, 3.63) is 100 Å². The van der Waals surface area contributed by atoms with Crippen molar-refractivity contribution in [3.63, 3.8) is 0 Å². The van der Waals surface area contributed by atoms with Crippen LogP contribution in [-0.2, 0) is 22.6 Å². The lowest BCUT2D eigenvalue weighted by molar-refractivity contribution is -0.143. The number of hydrogen-bond acceptors (Lipinski definition) is 3. The number of halogens is 1. The van der Waals surface area contributed by atoms with E-state index in [0.29, 0.717) is 17.2 Å². The number of carbonyl (C=O) groups excluding carboxylic acids is 2. The van der Waals surface area contributed by atoms with Crippen LogP contribution in [0, 0.1) is 13.8 Å². The van der Waals surface area contributed by atoms with Crippen molar-refractivity contribution < 1.29 is 14.3 Å². The predicted molar refractivity (Wildman–Crippen MR) is 145 cm³/mol. The molecule has 1 N–H and O–H groups in total. The zero-order valence-electron chi connectivity index (χ0n) is 21.5. The van der Waals surface area contributed by atoms with Crippen LogP contribution in [0.4, 0.5) is 0 Å². The molecule has 3 aromatic carbocycles. The van der Waals surface area contributed by atoms with Gasteiger partial charge in [-0.15, -0.1) is 0 Å². The van der Waals surface area contributed by atoms with E-state index in [0.717, 1.165) is 28.7 Å². The van der Waals surface area contributed by atoms with E-state index in [2.05, 4.69) is 5.32 Å². The molecule has 0 fully saturated rings. The molecule has 0 heterocycles. The lowest BCUT2D eigenvalue weighted by Crippen LogP contribution is -2.53. The molecule has 0 aromatic heterocycles. The number of hydrogen-bond donors (Lipinski definition) is 1. The maximum Gasteiger partial charge on any atom is 0.261 e. The van der Waals surface area contributed by atoms with Gasteiger partial charge in [0.1, 0.15) is 11.8 Å². The number of rotatable bonds is 11. The Morgan fingerprint density at radius 2 is 1.67 bits per heavy atom. The molecule has 2 amide bonds. The molecule has 3 rings (SSSR count). The maximum atomic E-state index is 13.7. The molecule has 0 radical (unpaired) electrons. The van der Waals surface area contributed by atoms with Gasteiger partial charge >= 0.3 is 0 Å². The number of nitrogens with zero attached hydrogens (tertiary/aromatic N) is 1. The highest BCUT2D eigenvalue weighted by molar-refractivity contribution is 6.31. The molecule has 0 aliphatic rings. The zero-order valence-corrected chi connectivity index (χ0v) is 22.2. The van der Waals surface area contributed by atoms with E-state index in [9.17, 15) is 9.59 Å². The quantitative estimate of drug-likeness (QED) is 0.352. The molecule has 0 spiro atoms. The highest BCUT2D eigenvalue weighted by Crippen LogP contribution is 2.23. The third kappa shape index (κ3) is 7.34. The van der Waals surface area contributed by atoms with Crippen LogP contribution < -0.4 is 10.1 Å². The Balaban J connectivity index is 1.94. The van der Waals surface area contributed by atoms with Crippen molar-refractivity contribution >= 4 is 23.4 Å². The summed E-state index contributed by atoms with van der Waals surface area (Å²) < 4.78 is 5.95. The fourth-order valence-electron chi connectivity index (χ4n) is 3.91. The monoisotopic (exact) mass is 506 g/mol. The van der Waals surface area contributed by atoms with Gasteiger partial charge in [0.15, 0.2) is 6.61 Å². The summed E-state index contributed by atoms with van der Waals surface area (Å²) in [6, 6.07) is 22.1. The molecule has 0 aliphatic heterocycles. The van der Waals surface area contributed by atoms with E-state index in [1.54, 1.807) is 11.0 Å². The molecule has 2 atom stereocenters. The largest absolute Gasteiger partial charge is 0.483 e. The molecular formula is C30H35ClN2O3. The van der Waals surface area contributed by atoms with E-state index < -0.39 is 6.04 Å². The van der Waals surface area contributed by atoms with Gasteiger partial charge in [0, 0.05) is 24.0 Å². The van der Waals surface area contributed by atoms with Gasteiger partial charge in [0.2, 0.25) is 5.91 Å².